The lowest BCUT2D eigenvalue weighted by atomic mass is 10.2. The van der Waals surface area contributed by atoms with Gasteiger partial charge in [-0.15, -0.1) is 0 Å². The van der Waals surface area contributed by atoms with E-state index in [2.05, 4.69) is 5.32 Å². The number of ether oxygens (including phenoxy) is 1. The molecule has 0 unspecified atom stereocenters. The number of nitrogens with one attached hydrogen (secondary N) is 1. The summed E-state index contributed by atoms with van der Waals surface area (Å²) in [4.78, 5) is 0. The fraction of sp³-hybridized carbons (Fsp3) is 0.200. The Morgan fingerprint density at radius 3 is 2.19 bits per heavy atom. The van der Waals surface area contributed by atoms with Crippen molar-refractivity contribution in [3.05, 3.63) is 47.8 Å². The largest absolute Gasteiger partial charge is 0.489 e. The topological polar surface area (TPSA) is 47.3 Å². The molecule has 0 atom stereocenters. The third-order valence-corrected chi connectivity index (χ3v) is 2.65. The van der Waals surface area contributed by atoms with Gasteiger partial charge in [-0.1, -0.05) is 0 Å². The first-order chi connectivity index (χ1) is 9.86. The molecule has 2 rings (SSSR count). The Bertz CT molecular complexity index is 636. The van der Waals surface area contributed by atoms with Crippen LogP contribution in [0.3, 0.4) is 0 Å². The van der Waals surface area contributed by atoms with Crippen LogP contribution in [0.4, 0.5) is 30.2 Å². The number of halogens is 3. The highest BCUT2D eigenvalue weighted by atomic mass is 19.2. The maximum atomic E-state index is 13.2. The summed E-state index contributed by atoms with van der Waals surface area (Å²) in [6.07, 6.45) is -0.0664. The molecule has 6 heteroatoms. The Kier molecular flexibility index (Phi) is 4.26. The van der Waals surface area contributed by atoms with Gasteiger partial charge in [0.2, 0.25) is 0 Å². The minimum absolute atomic E-state index is 0.0664. The van der Waals surface area contributed by atoms with E-state index in [9.17, 15) is 13.2 Å². The second-order valence-electron chi connectivity index (χ2n) is 4.80. The molecule has 112 valence electrons. The summed E-state index contributed by atoms with van der Waals surface area (Å²) in [5.41, 5.74) is 6.83. The molecular formula is C15H15F3N2O. The summed E-state index contributed by atoms with van der Waals surface area (Å²) >= 11 is 0. The van der Waals surface area contributed by atoms with Crippen LogP contribution in [0.5, 0.6) is 5.75 Å². The fourth-order valence-corrected chi connectivity index (χ4v) is 1.76. The quantitative estimate of drug-likeness (QED) is 0.656. The maximum Gasteiger partial charge on any atom is 0.194 e. The van der Waals surface area contributed by atoms with Crippen molar-refractivity contribution in [2.24, 2.45) is 0 Å². The second kappa shape index (κ2) is 5.95. The summed E-state index contributed by atoms with van der Waals surface area (Å²) in [7, 11) is 0. The number of anilines is 3. The number of benzene rings is 2. The summed E-state index contributed by atoms with van der Waals surface area (Å²) in [6.45, 7) is 3.70. The molecule has 0 amide bonds. The van der Waals surface area contributed by atoms with Gasteiger partial charge in [0.25, 0.3) is 0 Å². The van der Waals surface area contributed by atoms with Crippen molar-refractivity contribution in [1.82, 2.24) is 0 Å². The Labute approximate surface area is 120 Å². The van der Waals surface area contributed by atoms with Crippen molar-refractivity contribution in [2.45, 2.75) is 20.0 Å². The van der Waals surface area contributed by atoms with Crippen LogP contribution >= 0.6 is 0 Å². The second-order valence-corrected chi connectivity index (χ2v) is 4.80. The standard InChI is InChI=1S/C15H15F3N2O/c1-8(2)21-14-7-9(3-4-13(14)19)20-10-5-11(16)15(18)12(17)6-10/h3-8,20H,19H2,1-2H3. The van der Waals surface area contributed by atoms with Crippen LogP contribution in [0.25, 0.3) is 0 Å². The molecule has 0 heterocycles. The highest BCUT2D eigenvalue weighted by Gasteiger charge is 2.11. The molecule has 2 aromatic carbocycles. The van der Waals surface area contributed by atoms with E-state index in [0.717, 1.165) is 12.1 Å². The van der Waals surface area contributed by atoms with Crippen molar-refractivity contribution in [3.63, 3.8) is 0 Å². The maximum absolute atomic E-state index is 13.2. The molecule has 3 nitrogen and oxygen atoms in total. The molecule has 2 aromatic rings. The van der Waals surface area contributed by atoms with Crippen molar-refractivity contribution < 1.29 is 17.9 Å². The molecular weight excluding hydrogens is 281 g/mol. The van der Waals surface area contributed by atoms with Crippen LogP contribution in [0.2, 0.25) is 0 Å². The number of nitrogens with two attached hydrogens (primary N) is 1. The molecule has 0 aliphatic rings. The van der Waals surface area contributed by atoms with Crippen LogP contribution in [0.15, 0.2) is 30.3 Å². The number of nitrogen functional groups attached to an aromatic ring is 1. The summed E-state index contributed by atoms with van der Waals surface area (Å²) in [5, 5.41) is 2.77. The molecule has 0 saturated carbocycles. The van der Waals surface area contributed by atoms with Crippen LogP contribution in [0, 0.1) is 17.5 Å². The molecule has 21 heavy (non-hydrogen) atoms. The van der Waals surface area contributed by atoms with Gasteiger partial charge in [-0.3, -0.25) is 0 Å². The van der Waals surface area contributed by atoms with E-state index in [1.807, 2.05) is 13.8 Å². The van der Waals surface area contributed by atoms with Gasteiger partial charge in [-0.25, -0.2) is 13.2 Å². The van der Waals surface area contributed by atoms with E-state index in [0.29, 0.717) is 17.1 Å². The normalized spacial score (nSPS) is 10.8. The van der Waals surface area contributed by atoms with E-state index < -0.39 is 17.5 Å². The van der Waals surface area contributed by atoms with E-state index in [4.69, 9.17) is 10.5 Å². The van der Waals surface area contributed by atoms with Crippen molar-refractivity contribution >= 4 is 17.1 Å². The Hall–Kier alpha value is -2.37. The van der Waals surface area contributed by atoms with Crippen LogP contribution in [0.1, 0.15) is 13.8 Å². The SMILES string of the molecule is CC(C)Oc1cc(Nc2cc(F)c(F)c(F)c2)ccc1N. The molecule has 0 spiro atoms. The Morgan fingerprint density at radius 1 is 1.00 bits per heavy atom. The first-order valence-electron chi connectivity index (χ1n) is 6.34. The highest BCUT2D eigenvalue weighted by Crippen LogP contribution is 2.29. The van der Waals surface area contributed by atoms with Gasteiger partial charge in [-0.05, 0) is 26.0 Å². The lowest BCUT2D eigenvalue weighted by Gasteiger charge is -2.14. The number of rotatable bonds is 4. The Morgan fingerprint density at radius 2 is 1.62 bits per heavy atom. The predicted octanol–water partition coefficient (Wildman–Crippen LogP) is 4.22. The molecule has 0 radical (unpaired) electrons. The molecule has 0 aliphatic carbocycles. The zero-order valence-corrected chi connectivity index (χ0v) is 11.6. The minimum Gasteiger partial charge on any atom is -0.489 e. The van der Waals surface area contributed by atoms with Crippen LogP contribution < -0.4 is 15.8 Å². The molecule has 0 aromatic heterocycles. The average molecular weight is 296 g/mol. The first kappa shape index (κ1) is 15.0. The van der Waals surface area contributed by atoms with Crippen molar-refractivity contribution in [3.8, 4) is 5.75 Å². The van der Waals surface area contributed by atoms with Gasteiger partial charge in [0.05, 0.1) is 11.8 Å². The van der Waals surface area contributed by atoms with Crippen molar-refractivity contribution in [1.29, 1.82) is 0 Å². The summed E-state index contributed by atoms with van der Waals surface area (Å²) in [6, 6.07) is 6.59. The average Bonchev–Trinajstić information content (AvgIpc) is 2.39. The molecule has 0 fully saturated rings. The third kappa shape index (κ3) is 3.59. The van der Waals surface area contributed by atoms with Crippen LogP contribution in [-0.2, 0) is 0 Å². The van der Waals surface area contributed by atoms with E-state index in [1.165, 1.54) is 0 Å². The van der Waals surface area contributed by atoms with Crippen LogP contribution in [-0.4, -0.2) is 6.10 Å². The third-order valence-electron chi connectivity index (χ3n) is 2.65. The van der Waals surface area contributed by atoms with Gasteiger partial charge in [-0.2, -0.15) is 0 Å². The van der Waals surface area contributed by atoms with Crippen molar-refractivity contribution in [2.75, 3.05) is 11.1 Å². The molecule has 0 aliphatic heterocycles. The first-order valence-corrected chi connectivity index (χ1v) is 6.34. The summed E-state index contributed by atoms with van der Waals surface area (Å²) in [5.74, 6) is -3.56. The van der Waals surface area contributed by atoms with Gasteiger partial charge in [0.1, 0.15) is 5.75 Å². The molecule has 3 N–H and O–H groups in total. The predicted molar refractivity (Wildman–Crippen MR) is 76.2 cm³/mol. The minimum atomic E-state index is -1.50. The molecule has 0 bridgehead atoms. The van der Waals surface area contributed by atoms with Gasteiger partial charge >= 0.3 is 0 Å². The van der Waals surface area contributed by atoms with E-state index >= 15 is 0 Å². The van der Waals surface area contributed by atoms with E-state index in [1.54, 1.807) is 18.2 Å². The molecule has 0 saturated heterocycles. The smallest absolute Gasteiger partial charge is 0.194 e. The zero-order chi connectivity index (χ0) is 15.6. The monoisotopic (exact) mass is 296 g/mol. The van der Waals surface area contributed by atoms with Gasteiger partial charge < -0.3 is 15.8 Å². The lowest BCUT2D eigenvalue weighted by Crippen LogP contribution is -2.07. The summed E-state index contributed by atoms with van der Waals surface area (Å²) < 4.78 is 44.7. The Balaban J connectivity index is 2.27. The fourth-order valence-electron chi connectivity index (χ4n) is 1.76. The van der Waals surface area contributed by atoms with Gasteiger partial charge in [0.15, 0.2) is 17.5 Å². The van der Waals surface area contributed by atoms with E-state index in [-0.39, 0.29) is 11.8 Å². The zero-order valence-electron chi connectivity index (χ0n) is 11.6. The lowest BCUT2D eigenvalue weighted by molar-refractivity contribution is 0.244. The highest BCUT2D eigenvalue weighted by molar-refractivity contribution is 5.66. The van der Waals surface area contributed by atoms with Gasteiger partial charge in [0, 0.05) is 29.6 Å². The number of hydrogen-bond donors (Lipinski definition) is 2. The number of hydrogen-bond acceptors (Lipinski definition) is 3.